The SMILES string of the molecule is CCOc1ccccc1NC(=O)c1c(NC(=O)C2C3CC4CC(C3)CC2C4)sc2c1CCCCC2. The summed E-state index contributed by atoms with van der Waals surface area (Å²) in [5, 5.41) is 7.17. The number of rotatable bonds is 6. The Labute approximate surface area is 212 Å². The number of benzene rings is 1. The Morgan fingerprint density at radius 3 is 2.40 bits per heavy atom. The second kappa shape index (κ2) is 9.61. The Hall–Kier alpha value is -2.34. The zero-order chi connectivity index (χ0) is 23.9. The van der Waals surface area contributed by atoms with Crippen LogP contribution in [0.15, 0.2) is 24.3 Å². The van der Waals surface area contributed by atoms with E-state index < -0.39 is 0 Å². The highest BCUT2D eigenvalue weighted by Crippen LogP contribution is 2.57. The summed E-state index contributed by atoms with van der Waals surface area (Å²) in [5.41, 5.74) is 2.49. The number of thiophene rings is 1. The van der Waals surface area contributed by atoms with Gasteiger partial charge < -0.3 is 15.4 Å². The first-order valence-corrected chi connectivity index (χ1v) is 14.4. The van der Waals surface area contributed by atoms with Crippen LogP contribution < -0.4 is 15.4 Å². The third-order valence-electron chi connectivity index (χ3n) is 8.85. The molecular weight excluding hydrogens is 456 g/mol. The number of carbonyl (C=O) groups excluding carboxylic acids is 2. The summed E-state index contributed by atoms with van der Waals surface area (Å²) in [6, 6.07) is 7.57. The molecule has 35 heavy (non-hydrogen) atoms. The van der Waals surface area contributed by atoms with Crippen LogP contribution in [0.1, 0.15) is 79.1 Å². The molecule has 6 heteroatoms. The third kappa shape index (κ3) is 4.39. The molecule has 186 valence electrons. The molecule has 5 aliphatic carbocycles. The predicted molar refractivity (Wildman–Crippen MR) is 140 cm³/mol. The number of fused-ring (bicyclic) bond motifs is 1. The summed E-state index contributed by atoms with van der Waals surface area (Å²) in [7, 11) is 0. The van der Waals surface area contributed by atoms with Crippen LogP contribution in [-0.2, 0) is 17.6 Å². The summed E-state index contributed by atoms with van der Waals surface area (Å²) in [4.78, 5) is 28.7. The van der Waals surface area contributed by atoms with Gasteiger partial charge in [0.2, 0.25) is 5.91 Å². The second-order valence-corrected chi connectivity index (χ2v) is 12.2. The molecule has 5 nitrogen and oxygen atoms in total. The molecule has 5 aliphatic rings. The molecule has 0 spiro atoms. The highest BCUT2D eigenvalue weighted by Gasteiger charge is 2.51. The van der Waals surface area contributed by atoms with E-state index in [9.17, 15) is 9.59 Å². The molecule has 0 unspecified atom stereocenters. The Kier molecular flexibility index (Phi) is 6.34. The normalized spacial score (nSPS) is 28.8. The zero-order valence-electron chi connectivity index (χ0n) is 20.6. The number of carbonyl (C=O) groups is 2. The van der Waals surface area contributed by atoms with E-state index in [-0.39, 0.29) is 17.7 Å². The minimum absolute atomic E-state index is 0.110. The van der Waals surface area contributed by atoms with Crippen molar-refractivity contribution in [3.63, 3.8) is 0 Å². The van der Waals surface area contributed by atoms with Gasteiger partial charge in [-0.1, -0.05) is 18.6 Å². The molecule has 0 atom stereocenters. The van der Waals surface area contributed by atoms with E-state index >= 15 is 0 Å². The third-order valence-corrected chi connectivity index (χ3v) is 10.1. The van der Waals surface area contributed by atoms with Crippen molar-refractivity contribution >= 4 is 33.8 Å². The van der Waals surface area contributed by atoms with Gasteiger partial charge in [0.1, 0.15) is 10.8 Å². The quantitative estimate of drug-likeness (QED) is 0.442. The fraction of sp³-hybridized carbons (Fsp3) is 0.586. The van der Waals surface area contributed by atoms with E-state index in [0.29, 0.717) is 35.4 Å². The van der Waals surface area contributed by atoms with E-state index in [1.54, 1.807) is 11.3 Å². The van der Waals surface area contributed by atoms with Crippen LogP contribution in [0.5, 0.6) is 5.75 Å². The molecule has 1 aromatic heterocycles. The number of aryl methyl sites for hydroxylation is 1. The van der Waals surface area contributed by atoms with Gasteiger partial charge in [0.15, 0.2) is 0 Å². The van der Waals surface area contributed by atoms with Gasteiger partial charge >= 0.3 is 0 Å². The van der Waals surface area contributed by atoms with Gasteiger partial charge in [-0.15, -0.1) is 11.3 Å². The van der Waals surface area contributed by atoms with Gasteiger partial charge in [-0.05, 0) is 106 Å². The van der Waals surface area contributed by atoms with Crippen molar-refractivity contribution in [1.29, 1.82) is 0 Å². The monoisotopic (exact) mass is 492 g/mol. The van der Waals surface area contributed by atoms with Crippen LogP contribution in [0.4, 0.5) is 10.7 Å². The van der Waals surface area contributed by atoms with Gasteiger partial charge in [0.05, 0.1) is 17.9 Å². The molecule has 7 rings (SSSR count). The van der Waals surface area contributed by atoms with Crippen LogP contribution in [0.25, 0.3) is 0 Å². The smallest absolute Gasteiger partial charge is 0.259 e. The minimum Gasteiger partial charge on any atom is -0.492 e. The number of ether oxygens (including phenoxy) is 1. The molecule has 2 amide bonds. The number of anilines is 2. The van der Waals surface area contributed by atoms with E-state index in [4.69, 9.17) is 4.74 Å². The lowest BCUT2D eigenvalue weighted by molar-refractivity contribution is -0.132. The van der Waals surface area contributed by atoms with Crippen molar-refractivity contribution in [2.45, 2.75) is 71.1 Å². The topological polar surface area (TPSA) is 67.4 Å². The highest BCUT2D eigenvalue weighted by molar-refractivity contribution is 7.17. The van der Waals surface area contributed by atoms with Crippen LogP contribution in [0.3, 0.4) is 0 Å². The first-order chi connectivity index (χ1) is 17.1. The molecule has 1 aromatic carbocycles. The van der Waals surface area contributed by atoms with Gasteiger partial charge in [0.25, 0.3) is 5.91 Å². The van der Waals surface area contributed by atoms with Crippen molar-refractivity contribution in [3.05, 3.63) is 40.3 Å². The summed E-state index contributed by atoms with van der Waals surface area (Å²) in [5.74, 6) is 3.52. The molecule has 0 radical (unpaired) electrons. The van der Waals surface area contributed by atoms with E-state index in [1.165, 1.54) is 43.4 Å². The summed E-state index contributed by atoms with van der Waals surface area (Å²) in [6.45, 7) is 2.47. The first kappa shape index (κ1) is 23.1. The molecule has 0 aliphatic heterocycles. The fourth-order valence-electron chi connectivity index (χ4n) is 7.66. The summed E-state index contributed by atoms with van der Waals surface area (Å²) < 4.78 is 5.73. The lowest BCUT2D eigenvalue weighted by atomic mass is 9.51. The molecule has 4 fully saturated rings. The predicted octanol–water partition coefficient (Wildman–Crippen LogP) is 6.68. The molecule has 4 bridgehead atoms. The van der Waals surface area contributed by atoms with Gasteiger partial charge in [-0.2, -0.15) is 0 Å². The number of amides is 2. The highest BCUT2D eigenvalue weighted by atomic mass is 32.1. The molecule has 0 saturated heterocycles. The van der Waals surface area contributed by atoms with Crippen LogP contribution in [0, 0.1) is 29.6 Å². The van der Waals surface area contributed by atoms with Crippen LogP contribution in [0.2, 0.25) is 0 Å². The molecule has 2 aromatic rings. The molecule has 2 N–H and O–H groups in total. The average Bonchev–Trinajstić information content (AvgIpc) is 3.00. The van der Waals surface area contributed by atoms with Crippen molar-refractivity contribution in [1.82, 2.24) is 0 Å². The maximum Gasteiger partial charge on any atom is 0.259 e. The maximum atomic E-state index is 13.7. The summed E-state index contributed by atoms with van der Waals surface area (Å²) in [6.07, 6.45) is 11.5. The van der Waals surface area contributed by atoms with E-state index in [2.05, 4.69) is 10.6 Å². The average molecular weight is 493 g/mol. The van der Waals surface area contributed by atoms with E-state index in [1.807, 2.05) is 31.2 Å². The second-order valence-electron chi connectivity index (χ2n) is 11.1. The van der Waals surface area contributed by atoms with Crippen molar-refractivity contribution in [2.24, 2.45) is 29.6 Å². The van der Waals surface area contributed by atoms with Crippen molar-refractivity contribution in [2.75, 3.05) is 17.2 Å². The summed E-state index contributed by atoms with van der Waals surface area (Å²) >= 11 is 1.63. The zero-order valence-corrected chi connectivity index (χ0v) is 21.4. The lowest BCUT2D eigenvalue weighted by Crippen LogP contribution is -2.49. The number of nitrogens with one attached hydrogen (secondary N) is 2. The number of hydrogen-bond acceptors (Lipinski definition) is 4. The Bertz CT molecular complexity index is 1100. The standard InChI is InChI=1S/C29H36N2O3S/c1-2-34-23-10-7-6-9-22(23)30-28(33)26-21-8-4-3-5-11-24(21)35-29(26)31-27(32)25-19-13-17-12-18(15-19)16-20(25)14-17/h6-7,9-10,17-20,25H,2-5,8,11-16H2,1H3,(H,30,33)(H,31,32). The van der Waals surface area contributed by atoms with E-state index in [0.717, 1.165) is 48.1 Å². The Morgan fingerprint density at radius 1 is 0.943 bits per heavy atom. The van der Waals surface area contributed by atoms with Crippen LogP contribution >= 0.6 is 11.3 Å². The number of hydrogen-bond donors (Lipinski definition) is 2. The number of para-hydroxylation sites is 2. The van der Waals surface area contributed by atoms with Gasteiger partial charge in [-0.3, -0.25) is 9.59 Å². The van der Waals surface area contributed by atoms with Gasteiger partial charge in [-0.25, -0.2) is 0 Å². The van der Waals surface area contributed by atoms with Crippen LogP contribution in [-0.4, -0.2) is 18.4 Å². The Morgan fingerprint density at radius 2 is 1.66 bits per heavy atom. The molecule has 1 heterocycles. The van der Waals surface area contributed by atoms with Gasteiger partial charge in [0, 0.05) is 10.8 Å². The minimum atomic E-state index is -0.142. The lowest BCUT2D eigenvalue weighted by Gasteiger charge is -2.53. The molecule has 4 saturated carbocycles. The molecular formula is C29H36N2O3S. The first-order valence-electron chi connectivity index (χ1n) is 13.6. The van der Waals surface area contributed by atoms with Crippen molar-refractivity contribution in [3.8, 4) is 5.75 Å². The van der Waals surface area contributed by atoms with Crippen molar-refractivity contribution < 1.29 is 14.3 Å². The Balaban J connectivity index is 1.29. The fourth-order valence-corrected chi connectivity index (χ4v) is 8.95. The largest absolute Gasteiger partial charge is 0.492 e. The maximum absolute atomic E-state index is 13.7.